The Hall–Kier alpha value is -2.47. The number of hydrogen-bond donors (Lipinski definition) is 0. The standard InChI is InChI=1S/C21H21BrFNO3/c1-3-12-24(14-17-13-18(22)9-10-19(17)23)20(25)11-6-15-4-7-16(8-5-15)21(26)27-2/h3-5,7-10,13H,1,6,11-12,14H2,2H3. The number of hydrogen-bond acceptors (Lipinski definition) is 3. The number of esters is 1. The highest BCUT2D eigenvalue weighted by molar-refractivity contribution is 9.10. The quantitative estimate of drug-likeness (QED) is 0.454. The van der Waals surface area contributed by atoms with Crippen molar-refractivity contribution in [3.8, 4) is 0 Å². The Morgan fingerprint density at radius 2 is 1.93 bits per heavy atom. The minimum absolute atomic E-state index is 0.0914. The molecule has 1 amide bonds. The lowest BCUT2D eigenvalue weighted by Gasteiger charge is -2.22. The molecule has 0 saturated heterocycles. The third kappa shape index (κ3) is 6.03. The summed E-state index contributed by atoms with van der Waals surface area (Å²) in [6, 6.07) is 11.6. The van der Waals surface area contributed by atoms with E-state index >= 15 is 0 Å². The number of benzene rings is 2. The molecule has 0 unspecified atom stereocenters. The Kier molecular flexibility index (Phi) is 7.73. The number of amides is 1. The van der Waals surface area contributed by atoms with E-state index in [4.69, 9.17) is 0 Å². The van der Waals surface area contributed by atoms with E-state index in [-0.39, 0.29) is 24.7 Å². The zero-order valence-electron chi connectivity index (χ0n) is 15.1. The first-order valence-electron chi connectivity index (χ1n) is 8.44. The lowest BCUT2D eigenvalue weighted by Crippen LogP contribution is -2.31. The van der Waals surface area contributed by atoms with Crippen molar-refractivity contribution < 1.29 is 18.7 Å². The summed E-state index contributed by atoms with van der Waals surface area (Å²) in [5.41, 5.74) is 1.84. The highest BCUT2D eigenvalue weighted by atomic mass is 79.9. The summed E-state index contributed by atoms with van der Waals surface area (Å²) in [5.74, 6) is -0.837. The average Bonchev–Trinajstić information content (AvgIpc) is 2.68. The van der Waals surface area contributed by atoms with Gasteiger partial charge in [-0.25, -0.2) is 9.18 Å². The van der Waals surface area contributed by atoms with E-state index in [1.807, 2.05) is 0 Å². The second-order valence-electron chi connectivity index (χ2n) is 5.99. The molecule has 2 aromatic carbocycles. The topological polar surface area (TPSA) is 46.6 Å². The fourth-order valence-corrected chi connectivity index (χ4v) is 3.02. The van der Waals surface area contributed by atoms with Crippen molar-refractivity contribution in [2.45, 2.75) is 19.4 Å². The van der Waals surface area contributed by atoms with Gasteiger partial charge in [0.2, 0.25) is 5.91 Å². The van der Waals surface area contributed by atoms with Crippen LogP contribution in [0.15, 0.2) is 59.6 Å². The summed E-state index contributed by atoms with van der Waals surface area (Å²) < 4.78 is 19.4. The molecule has 0 spiro atoms. The third-order valence-electron chi connectivity index (χ3n) is 4.07. The van der Waals surface area contributed by atoms with E-state index in [1.165, 1.54) is 13.2 Å². The van der Waals surface area contributed by atoms with E-state index in [2.05, 4.69) is 27.2 Å². The highest BCUT2D eigenvalue weighted by Gasteiger charge is 2.15. The molecule has 0 aliphatic carbocycles. The number of carbonyl (C=O) groups is 2. The zero-order chi connectivity index (χ0) is 19.8. The zero-order valence-corrected chi connectivity index (χ0v) is 16.7. The molecular formula is C21H21BrFNO3. The Balaban J connectivity index is 2.01. The Morgan fingerprint density at radius 1 is 1.22 bits per heavy atom. The second kappa shape index (κ2) is 10.0. The minimum Gasteiger partial charge on any atom is -0.465 e. The normalized spacial score (nSPS) is 10.3. The van der Waals surface area contributed by atoms with Gasteiger partial charge in [0.05, 0.1) is 12.7 Å². The number of halogens is 2. The summed E-state index contributed by atoms with van der Waals surface area (Å²) in [7, 11) is 1.33. The van der Waals surface area contributed by atoms with Crippen LogP contribution in [0.1, 0.15) is 27.9 Å². The molecule has 27 heavy (non-hydrogen) atoms. The van der Waals surface area contributed by atoms with Gasteiger partial charge in [-0.3, -0.25) is 4.79 Å². The van der Waals surface area contributed by atoms with Gasteiger partial charge in [-0.15, -0.1) is 6.58 Å². The molecule has 4 nitrogen and oxygen atoms in total. The molecule has 0 heterocycles. The first-order valence-corrected chi connectivity index (χ1v) is 9.23. The van der Waals surface area contributed by atoms with Crippen LogP contribution in [-0.4, -0.2) is 30.4 Å². The van der Waals surface area contributed by atoms with Crippen molar-refractivity contribution in [1.82, 2.24) is 4.90 Å². The molecule has 0 N–H and O–H groups in total. The maximum atomic E-state index is 14.0. The third-order valence-corrected chi connectivity index (χ3v) is 4.57. The van der Waals surface area contributed by atoms with Gasteiger partial charge < -0.3 is 9.64 Å². The molecule has 0 fully saturated rings. The smallest absolute Gasteiger partial charge is 0.337 e. The van der Waals surface area contributed by atoms with Gasteiger partial charge in [-0.1, -0.05) is 34.1 Å². The predicted molar refractivity (Wildman–Crippen MR) is 106 cm³/mol. The first kappa shape index (κ1) is 20.8. The van der Waals surface area contributed by atoms with Crippen LogP contribution >= 0.6 is 15.9 Å². The number of aryl methyl sites for hydroxylation is 1. The van der Waals surface area contributed by atoms with Crippen LogP contribution in [0.3, 0.4) is 0 Å². The van der Waals surface area contributed by atoms with Crippen LogP contribution in [0.25, 0.3) is 0 Å². The maximum Gasteiger partial charge on any atom is 0.337 e. The molecule has 142 valence electrons. The predicted octanol–water partition coefficient (Wildman–Crippen LogP) is 4.52. The molecule has 2 rings (SSSR count). The fourth-order valence-electron chi connectivity index (χ4n) is 2.62. The Labute approximate surface area is 166 Å². The van der Waals surface area contributed by atoms with Gasteiger partial charge in [0.25, 0.3) is 0 Å². The van der Waals surface area contributed by atoms with Crippen molar-refractivity contribution in [1.29, 1.82) is 0 Å². The molecule has 0 atom stereocenters. The second-order valence-corrected chi connectivity index (χ2v) is 6.90. The lowest BCUT2D eigenvalue weighted by atomic mass is 10.1. The van der Waals surface area contributed by atoms with Gasteiger partial charge in [-0.2, -0.15) is 0 Å². The van der Waals surface area contributed by atoms with Gasteiger partial charge in [0.15, 0.2) is 0 Å². The van der Waals surface area contributed by atoms with E-state index in [0.29, 0.717) is 24.1 Å². The highest BCUT2D eigenvalue weighted by Crippen LogP contribution is 2.18. The molecule has 0 saturated carbocycles. The summed E-state index contributed by atoms with van der Waals surface area (Å²) in [6.07, 6.45) is 2.43. The molecule has 0 aliphatic rings. The molecule has 0 aromatic heterocycles. The van der Waals surface area contributed by atoms with Crippen molar-refractivity contribution >= 4 is 27.8 Å². The van der Waals surface area contributed by atoms with Gasteiger partial charge in [0.1, 0.15) is 5.82 Å². The van der Waals surface area contributed by atoms with Gasteiger partial charge in [-0.05, 0) is 42.3 Å². The van der Waals surface area contributed by atoms with Crippen LogP contribution in [0.5, 0.6) is 0 Å². The van der Waals surface area contributed by atoms with Crippen LogP contribution in [-0.2, 0) is 22.5 Å². The Morgan fingerprint density at radius 3 is 2.56 bits per heavy atom. The number of nitrogens with zero attached hydrogens (tertiary/aromatic N) is 1. The molecule has 0 aliphatic heterocycles. The monoisotopic (exact) mass is 433 g/mol. The van der Waals surface area contributed by atoms with Crippen molar-refractivity contribution in [3.63, 3.8) is 0 Å². The maximum absolute atomic E-state index is 14.0. The number of ether oxygens (including phenoxy) is 1. The number of rotatable bonds is 8. The SMILES string of the molecule is C=CCN(Cc1cc(Br)ccc1F)C(=O)CCc1ccc(C(=O)OC)cc1. The summed E-state index contributed by atoms with van der Waals surface area (Å²) in [6.45, 7) is 4.19. The number of carbonyl (C=O) groups excluding carboxylic acids is 2. The van der Waals surface area contributed by atoms with Gasteiger partial charge in [0, 0.05) is 29.5 Å². The molecule has 6 heteroatoms. The lowest BCUT2D eigenvalue weighted by molar-refractivity contribution is -0.131. The van der Waals surface area contributed by atoms with Crippen LogP contribution in [0.2, 0.25) is 0 Å². The summed E-state index contributed by atoms with van der Waals surface area (Å²) in [5, 5.41) is 0. The van der Waals surface area contributed by atoms with Crippen LogP contribution in [0, 0.1) is 5.82 Å². The van der Waals surface area contributed by atoms with Crippen LogP contribution < -0.4 is 0 Å². The Bertz CT molecular complexity index is 821. The van der Waals surface area contributed by atoms with Crippen LogP contribution in [0.4, 0.5) is 4.39 Å². The largest absolute Gasteiger partial charge is 0.465 e. The summed E-state index contributed by atoms with van der Waals surface area (Å²) in [4.78, 5) is 25.6. The van der Waals surface area contributed by atoms with E-state index in [9.17, 15) is 14.0 Å². The summed E-state index contributed by atoms with van der Waals surface area (Å²) >= 11 is 3.32. The molecule has 0 radical (unpaired) electrons. The molecule has 0 bridgehead atoms. The van der Waals surface area contributed by atoms with E-state index < -0.39 is 5.97 Å². The molecular weight excluding hydrogens is 413 g/mol. The van der Waals surface area contributed by atoms with E-state index in [0.717, 1.165) is 10.0 Å². The van der Waals surface area contributed by atoms with Crippen molar-refractivity contribution in [3.05, 3.63) is 82.1 Å². The average molecular weight is 434 g/mol. The number of methoxy groups -OCH3 is 1. The van der Waals surface area contributed by atoms with Gasteiger partial charge >= 0.3 is 5.97 Å². The van der Waals surface area contributed by atoms with E-state index in [1.54, 1.807) is 47.4 Å². The fraction of sp³-hybridized carbons (Fsp3) is 0.238. The first-order chi connectivity index (χ1) is 12.9. The molecule has 2 aromatic rings. The van der Waals surface area contributed by atoms with Crippen molar-refractivity contribution in [2.24, 2.45) is 0 Å². The van der Waals surface area contributed by atoms with Crippen molar-refractivity contribution in [2.75, 3.05) is 13.7 Å². The minimum atomic E-state index is -0.397.